The SMILES string of the molecule is OC1(c2ccncn2)CCN(c2cc(-c3nc4ccccc4[nH]3)c(Cl)cn2)C1. The number of benzene rings is 1. The number of hydrogen-bond donors (Lipinski definition) is 2. The Balaban J connectivity index is 1.48. The Morgan fingerprint density at radius 3 is 2.89 bits per heavy atom. The van der Waals surface area contributed by atoms with Gasteiger partial charge in [-0.3, -0.25) is 0 Å². The van der Waals surface area contributed by atoms with Crippen molar-refractivity contribution in [3.8, 4) is 11.4 Å². The van der Waals surface area contributed by atoms with Gasteiger partial charge in [-0.2, -0.15) is 0 Å². The van der Waals surface area contributed by atoms with Crippen LogP contribution in [0.2, 0.25) is 5.02 Å². The number of halogens is 1. The van der Waals surface area contributed by atoms with Crippen molar-refractivity contribution in [2.45, 2.75) is 12.0 Å². The molecule has 0 aliphatic carbocycles. The van der Waals surface area contributed by atoms with Gasteiger partial charge in [-0.15, -0.1) is 0 Å². The van der Waals surface area contributed by atoms with Gasteiger partial charge in [0, 0.05) is 30.9 Å². The van der Waals surface area contributed by atoms with E-state index in [0.717, 1.165) is 22.4 Å². The summed E-state index contributed by atoms with van der Waals surface area (Å²) in [7, 11) is 0. The summed E-state index contributed by atoms with van der Waals surface area (Å²) < 4.78 is 0. The van der Waals surface area contributed by atoms with E-state index >= 15 is 0 Å². The third-order valence-corrected chi connectivity index (χ3v) is 5.42. The summed E-state index contributed by atoms with van der Waals surface area (Å²) in [5, 5.41) is 11.5. The molecule has 0 radical (unpaired) electrons. The Labute approximate surface area is 166 Å². The molecular formula is C20H17ClN6O. The molecule has 0 saturated carbocycles. The van der Waals surface area contributed by atoms with Crippen LogP contribution in [-0.4, -0.2) is 43.1 Å². The Morgan fingerprint density at radius 1 is 1.18 bits per heavy atom. The lowest BCUT2D eigenvalue weighted by atomic mass is 9.99. The second-order valence-corrected chi connectivity index (χ2v) is 7.33. The van der Waals surface area contributed by atoms with Crippen molar-refractivity contribution in [2.24, 2.45) is 0 Å². The number of aliphatic hydroxyl groups is 1. The number of nitrogens with zero attached hydrogens (tertiary/aromatic N) is 5. The summed E-state index contributed by atoms with van der Waals surface area (Å²) >= 11 is 6.41. The molecule has 1 aromatic carbocycles. The van der Waals surface area contributed by atoms with Gasteiger partial charge >= 0.3 is 0 Å². The lowest BCUT2D eigenvalue weighted by Gasteiger charge is -2.23. The van der Waals surface area contributed by atoms with Gasteiger partial charge in [0.1, 0.15) is 23.6 Å². The standard InChI is InChI=1S/C20H17ClN6O/c21-14-10-23-18(9-13(14)19-25-15-3-1-2-4-16(15)26-19)27-8-6-20(28,11-27)17-5-7-22-12-24-17/h1-5,7,9-10,12,28H,6,8,11H2,(H,25,26). The number of aromatic amines is 1. The van der Waals surface area contributed by atoms with Gasteiger partial charge < -0.3 is 15.0 Å². The molecule has 1 saturated heterocycles. The van der Waals surface area contributed by atoms with Crippen molar-refractivity contribution in [3.05, 3.63) is 65.8 Å². The summed E-state index contributed by atoms with van der Waals surface area (Å²) in [5.74, 6) is 1.44. The maximum absolute atomic E-state index is 11.0. The first-order valence-electron chi connectivity index (χ1n) is 8.97. The first-order valence-corrected chi connectivity index (χ1v) is 9.35. The van der Waals surface area contributed by atoms with Crippen LogP contribution >= 0.6 is 11.6 Å². The summed E-state index contributed by atoms with van der Waals surface area (Å²) in [6, 6.07) is 11.5. The molecule has 1 aliphatic heterocycles. The molecule has 0 bridgehead atoms. The van der Waals surface area contributed by atoms with Gasteiger partial charge in [0.2, 0.25) is 0 Å². The number of β-amino-alcohol motifs (C(OH)–C–C–N with tert-alkyl or cyclic N) is 1. The molecule has 1 fully saturated rings. The van der Waals surface area contributed by atoms with Crippen LogP contribution in [0.4, 0.5) is 5.82 Å². The number of aromatic nitrogens is 5. The van der Waals surface area contributed by atoms with E-state index in [1.165, 1.54) is 6.33 Å². The maximum atomic E-state index is 11.0. The van der Waals surface area contributed by atoms with E-state index in [1.54, 1.807) is 18.5 Å². The average molecular weight is 393 g/mol. The topological polar surface area (TPSA) is 90.8 Å². The highest BCUT2D eigenvalue weighted by atomic mass is 35.5. The zero-order valence-electron chi connectivity index (χ0n) is 14.9. The Morgan fingerprint density at radius 2 is 2.07 bits per heavy atom. The molecule has 7 nitrogen and oxygen atoms in total. The number of pyridine rings is 1. The van der Waals surface area contributed by atoms with Gasteiger partial charge in [0.05, 0.1) is 28.3 Å². The van der Waals surface area contributed by atoms with Crippen LogP contribution in [0.3, 0.4) is 0 Å². The molecule has 1 aliphatic rings. The number of imidazole rings is 1. The zero-order chi connectivity index (χ0) is 19.1. The summed E-state index contributed by atoms with van der Waals surface area (Å²) in [6.45, 7) is 1.06. The normalized spacial score (nSPS) is 19.4. The van der Waals surface area contributed by atoms with Crippen molar-refractivity contribution in [3.63, 3.8) is 0 Å². The second kappa shape index (κ2) is 6.54. The number of fused-ring (bicyclic) bond motifs is 1. The van der Waals surface area contributed by atoms with Crippen LogP contribution < -0.4 is 4.90 Å². The lowest BCUT2D eigenvalue weighted by molar-refractivity contribution is 0.0558. The van der Waals surface area contributed by atoms with E-state index in [0.29, 0.717) is 36.1 Å². The fourth-order valence-corrected chi connectivity index (χ4v) is 3.82. The monoisotopic (exact) mass is 392 g/mol. The van der Waals surface area contributed by atoms with E-state index in [2.05, 4.69) is 24.9 Å². The largest absolute Gasteiger partial charge is 0.382 e. The zero-order valence-corrected chi connectivity index (χ0v) is 15.6. The van der Waals surface area contributed by atoms with E-state index in [9.17, 15) is 5.11 Å². The smallest absolute Gasteiger partial charge is 0.140 e. The van der Waals surface area contributed by atoms with Gasteiger partial charge in [0.25, 0.3) is 0 Å². The molecule has 3 aromatic heterocycles. The van der Waals surface area contributed by atoms with E-state index in [1.807, 2.05) is 35.2 Å². The molecule has 1 atom stereocenters. The van der Waals surface area contributed by atoms with E-state index < -0.39 is 5.60 Å². The van der Waals surface area contributed by atoms with Crippen LogP contribution in [0.1, 0.15) is 12.1 Å². The third kappa shape index (κ3) is 2.89. The predicted octanol–water partition coefficient (Wildman–Crippen LogP) is 3.17. The Hall–Kier alpha value is -3.03. The van der Waals surface area contributed by atoms with Crippen LogP contribution in [0.5, 0.6) is 0 Å². The van der Waals surface area contributed by atoms with Crippen LogP contribution in [0.25, 0.3) is 22.4 Å². The first kappa shape index (κ1) is 17.1. The lowest BCUT2D eigenvalue weighted by Crippen LogP contribution is -2.32. The molecular weight excluding hydrogens is 376 g/mol. The second-order valence-electron chi connectivity index (χ2n) is 6.92. The fraction of sp³-hybridized carbons (Fsp3) is 0.200. The Bertz CT molecular complexity index is 1110. The van der Waals surface area contributed by atoms with Gasteiger partial charge in [-0.25, -0.2) is 19.9 Å². The van der Waals surface area contributed by atoms with Crippen molar-refractivity contribution in [1.29, 1.82) is 0 Å². The minimum Gasteiger partial charge on any atom is -0.382 e. The molecule has 140 valence electrons. The number of H-pyrrole nitrogens is 1. The summed E-state index contributed by atoms with van der Waals surface area (Å²) in [5.41, 5.74) is 2.21. The summed E-state index contributed by atoms with van der Waals surface area (Å²) in [6.07, 6.45) is 5.29. The van der Waals surface area contributed by atoms with Crippen LogP contribution in [0.15, 0.2) is 55.1 Å². The third-order valence-electron chi connectivity index (χ3n) is 5.12. The predicted molar refractivity (Wildman–Crippen MR) is 107 cm³/mol. The van der Waals surface area contributed by atoms with E-state index in [-0.39, 0.29) is 0 Å². The van der Waals surface area contributed by atoms with Crippen molar-refractivity contribution < 1.29 is 5.11 Å². The van der Waals surface area contributed by atoms with Crippen molar-refractivity contribution in [2.75, 3.05) is 18.0 Å². The highest BCUT2D eigenvalue weighted by Gasteiger charge is 2.39. The molecule has 4 heterocycles. The van der Waals surface area contributed by atoms with Gasteiger partial charge in [-0.05, 0) is 24.3 Å². The molecule has 4 aromatic rings. The quantitative estimate of drug-likeness (QED) is 0.556. The van der Waals surface area contributed by atoms with Crippen LogP contribution in [-0.2, 0) is 5.60 Å². The van der Waals surface area contributed by atoms with Crippen molar-refractivity contribution >= 4 is 28.5 Å². The molecule has 0 amide bonds. The Kier molecular flexibility index (Phi) is 3.99. The van der Waals surface area contributed by atoms with Gasteiger partial charge in [-0.1, -0.05) is 23.7 Å². The molecule has 8 heteroatoms. The highest BCUT2D eigenvalue weighted by molar-refractivity contribution is 6.33. The number of nitrogens with one attached hydrogen (secondary N) is 1. The molecule has 2 N–H and O–H groups in total. The summed E-state index contributed by atoms with van der Waals surface area (Å²) in [4.78, 5) is 22.6. The van der Waals surface area contributed by atoms with Gasteiger partial charge in [0.15, 0.2) is 0 Å². The fourth-order valence-electron chi connectivity index (χ4n) is 3.63. The first-order chi connectivity index (χ1) is 13.6. The van der Waals surface area contributed by atoms with Crippen LogP contribution in [0, 0.1) is 0 Å². The minimum atomic E-state index is -1.02. The highest BCUT2D eigenvalue weighted by Crippen LogP contribution is 2.35. The number of rotatable bonds is 3. The van der Waals surface area contributed by atoms with Crippen molar-refractivity contribution in [1.82, 2.24) is 24.9 Å². The van der Waals surface area contributed by atoms with E-state index in [4.69, 9.17) is 11.6 Å². The molecule has 28 heavy (non-hydrogen) atoms. The number of anilines is 1. The average Bonchev–Trinajstić information content (AvgIpc) is 3.34. The number of hydrogen-bond acceptors (Lipinski definition) is 6. The maximum Gasteiger partial charge on any atom is 0.140 e. The minimum absolute atomic E-state index is 0.401. The number of para-hydroxylation sites is 2. The molecule has 0 spiro atoms. The molecule has 1 unspecified atom stereocenters. The molecule has 5 rings (SSSR count).